The number of ether oxygens (including phenoxy) is 1. The van der Waals surface area contributed by atoms with Crippen LogP contribution in [0.2, 0.25) is 0 Å². The van der Waals surface area contributed by atoms with Crippen molar-refractivity contribution in [2.24, 2.45) is 4.99 Å². The average molecular weight is 298 g/mol. The Morgan fingerprint density at radius 1 is 1.29 bits per heavy atom. The summed E-state index contributed by atoms with van der Waals surface area (Å²) in [5, 5.41) is 6.68. The molecule has 0 bridgehead atoms. The molecule has 1 amide bonds. The van der Waals surface area contributed by atoms with Crippen LogP contribution in [0.4, 0.5) is 0 Å². The summed E-state index contributed by atoms with van der Waals surface area (Å²) in [7, 11) is 3.49. The van der Waals surface area contributed by atoms with E-state index in [9.17, 15) is 4.79 Å². The van der Waals surface area contributed by atoms with Crippen molar-refractivity contribution in [1.82, 2.24) is 15.5 Å². The standard InChI is InChI=1S/C15H30N4O2/c1-4-21-11-10-16-15(17-12-14(20)19(2)3)18-13-8-6-5-7-9-13/h13H,4-12H2,1-3H3,(H2,16,17,18). The van der Waals surface area contributed by atoms with E-state index in [0.717, 1.165) is 5.96 Å². The molecule has 1 rings (SSSR count). The Labute approximate surface area is 128 Å². The predicted octanol–water partition coefficient (Wildman–Crippen LogP) is 0.979. The molecular weight excluding hydrogens is 268 g/mol. The second-order valence-electron chi connectivity index (χ2n) is 5.56. The number of hydrogen-bond donors (Lipinski definition) is 2. The van der Waals surface area contributed by atoms with E-state index in [4.69, 9.17) is 4.74 Å². The Hall–Kier alpha value is -1.30. The zero-order valence-electron chi connectivity index (χ0n) is 13.7. The molecule has 1 aliphatic carbocycles. The van der Waals surface area contributed by atoms with E-state index in [-0.39, 0.29) is 12.5 Å². The molecule has 2 N–H and O–H groups in total. The number of aliphatic imine (C=N–C) groups is 1. The number of carbonyl (C=O) groups excluding carboxylic acids is 1. The zero-order chi connectivity index (χ0) is 15.5. The van der Waals surface area contributed by atoms with Gasteiger partial charge in [-0.25, -0.2) is 4.99 Å². The van der Waals surface area contributed by atoms with E-state index in [1.165, 1.54) is 32.1 Å². The third kappa shape index (κ3) is 7.90. The summed E-state index contributed by atoms with van der Waals surface area (Å²) in [6, 6.07) is 0.464. The number of hydrogen-bond acceptors (Lipinski definition) is 3. The van der Waals surface area contributed by atoms with Crippen LogP contribution in [0.15, 0.2) is 4.99 Å². The summed E-state index contributed by atoms with van der Waals surface area (Å²) in [5.41, 5.74) is 0. The molecule has 122 valence electrons. The van der Waals surface area contributed by atoms with Gasteiger partial charge in [0, 0.05) is 33.3 Å². The Bertz CT molecular complexity index is 326. The van der Waals surface area contributed by atoms with Crippen molar-refractivity contribution in [3.05, 3.63) is 0 Å². The lowest BCUT2D eigenvalue weighted by molar-refractivity contribution is -0.127. The summed E-state index contributed by atoms with van der Waals surface area (Å²) in [6.07, 6.45) is 6.20. The molecule has 0 aromatic rings. The molecule has 0 heterocycles. The summed E-state index contributed by atoms with van der Waals surface area (Å²) in [5.74, 6) is 0.723. The number of likely N-dealkylation sites (N-methyl/N-ethyl adjacent to an activating group) is 1. The lowest BCUT2D eigenvalue weighted by atomic mass is 9.96. The largest absolute Gasteiger partial charge is 0.380 e. The molecule has 0 unspecified atom stereocenters. The van der Waals surface area contributed by atoms with Crippen LogP contribution in [0, 0.1) is 0 Å². The van der Waals surface area contributed by atoms with E-state index in [0.29, 0.717) is 25.8 Å². The van der Waals surface area contributed by atoms with Crippen molar-refractivity contribution in [2.75, 3.05) is 40.4 Å². The zero-order valence-corrected chi connectivity index (χ0v) is 13.7. The third-order valence-corrected chi connectivity index (χ3v) is 3.56. The van der Waals surface area contributed by atoms with Gasteiger partial charge in [0.2, 0.25) is 5.91 Å². The van der Waals surface area contributed by atoms with Crippen molar-refractivity contribution in [3.63, 3.8) is 0 Å². The molecule has 0 aliphatic heterocycles. The summed E-state index contributed by atoms with van der Waals surface area (Å²) in [6.45, 7) is 4.20. The highest BCUT2D eigenvalue weighted by Crippen LogP contribution is 2.17. The second-order valence-corrected chi connectivity index (χ2v) is 5.56. The lowest BCUT2D eigenvalue weighted by Crippen LogP contribution is -2.45. The molecule has 21 heavy (non-hydrogen) atoms. The molecule has 0 saturated heterocycles. The SMILES string of the molecule is CCOCCNC(=NCC(=O)N(C)C)NC1CCCCC1. The first-order chi connectivity index (χ1) is 10.1. The highest BCUT2D eigenvalue weighted by atomic mass is 16.5. The first kappa shape index (κ1) is 17.8. The number of amides is 1. The molecule has 0 atom stereocenters. The van der Waals surface area contributed by atoms with Gasteiger partial charge in [0.1, 0.15) is 6.54 Å². The first-order valence-corrected chi connectivity index (χ1v) is 7.96. The van der Waals surface area contributed by atoms with Gasteiger partial charge in [-0.2, -0.15) is 0 Å². The smallest absolute Gasteiger partial charge is 0.243 e. The molecule has 0 aromatic carbocycles. The quantitative estimate of drug-likeness (QED) is 0.418. The van der Waals surface area contributed by atoms with Crippen LogP contribution in [0.3, 0.4) is 0 Å². The summed E-state index contributed by atoms with van der Waals surface area (Å²) >= 11 is 0. The summed E-state index contributed by atoms with van der Waals surface area (Å²) in [4.78, 5) is 17.6. The molecule has 0 aromatic heterocycles. The fourth-order valence-corrected chi connectivity index (χ4v) is 2.27. The van der Waals surface area contributed by atoms with Gasteiger partial charge in [0.15, 0.2) is 5.96 Å². The van der Waals surface area contributed by atoms with Gasteiger partial charge >= 0.3 is 0 Å². The number of nitrogens with zero attached hydrogens (tertiary/aromatic N) is 2. The van der Waals surface area contributed by atoms with Gasteiger partial charge in [-0.3, -0.25) is 4.79 Å². The van der Waals surface area contributed by atoms with E-state index < -0.39 is 0 Å². The Balaban J connectivity index is 2.46. The molecule has 6 heteroatoms. The van der Waals surface area contributed by atoms with E-state index in [1.54, 1.807) is 19.0 Å². The van der Waals surface area contributed by atoms with Crippen molar-refractivity contribution in [2.45, 2.75) is 45.1 Å². The predicted molar refractivity (Wildman–Crippen MR) is 85.5 cm³/mol. The fraction of sp³-hybridized carbons (Fsp3) is 0.867. The van der Waals surface area contributed by atoms with Crippen molar-refractivity contribution in [1.29, 1.82) is 0 Å². The van der Waals surface area contributed by atoms with Gasteiger partial charge in [-0.15, -0.1) is 0 Å². The van der Waals surface area contributed by atoms with Crippen LogP contribution in [0.1, 0.15) is 39.0 Å². The minimum atomic E-state index is 0.00422. The Morgan fingerprint density at radius 2 is 2.00 bits per heavy atom. The maximum Gasteiger partial charge on any atom is 0.243 e. The van der Waals surface area contributed by atoms with Crippen molar-refractivity contribution in [3.8, 4) is 0 Å². The lowest BCUT2D eigenvalue weighted by Gasteiger charge is -2.25. The Kier molecular flexibility index (Phi) is 8.82. The normalized spacial score (nSPS) is 16.6. The minimum Gasteiger partial charge on any atom is -0.380 e. The number of nitrogens with one attached hydrogen (secondary N) is 2. The highest BCUT2D eigenvalue weighted by molar-refractivity contribution is 5.84. The van der Waals surface area contributed by atoms with Crippen molar-refractivity contribution < 1.29 is 9.53 Å². The molecule has 6 nitrogen and oxygen atoms in total. The molecule has 1 fully saturated rings. The number of guanidine groups is 1. The van der Waals surface area contributed by atoms with E-state index >= 15 is 0 Å². The van der Waals surface area contributed by atoms with Gasteiger partial charge in [-0.1, -0.05) is 19.3 Å². The monoisotopic (exact) mass is 298 g/mol. The Morgan fingerprint density at radius 3 is 2.62 bits per heavy atom. The summed E-state index contributed by atoms with van der Waals surface area (Å²) < 4.78 is 5.32. The molecule has 1 saturated carbocycles. The topological polar surface area (TPSA) is 66.0 Å². The maximum atomic E-state index is 11.7. The highest BCUT2D eigenvalue weighted by Gasteiger charge is 2.15. The molecular formula is C15H30N4O2. The van der Waals surface area contributed by atoms with Crippen LogP contribution < -0.4 is 10.6 Å². The third-order valence-electron chi connectivity index (χ3n) is 3.56. The number of carbonyl (C=O) groups is 1. The van der Waals surface area contributed by atoms with Crippen LogP contribution in [0.25, 0.3) is 0 Å². The molecule has 0 radical (unpaired) electrons. The van der Waals surface area contributed by atoms with E-state index in [1.807, 2.05) is 6.92 Å². The van der Waals surface area contributed by atoms with Gasteiger partial charge in [0.05, 0.1) is 6.61 Å². The van der Waals surface area contributed by atoms with Crippen LogP contribution in [-0.2, 0) is 9.53 Å². The van der Waals surface area contributed by atoms with E-state index in [2.05, 4.69) is 15.6 Å². The fourth-order valence-electron chi connectivity index (χ4n) is 2.27. The maximum absolute atomic E-state index is 11.7. The van der Waals surface area contributed by atoms with Gasteiger partial charge < -0.3 is 20.3 Å². The van der Waals surface area contributed by atoms with Crippen LogP contribution >= 0.6 is 0 Å². The van der Waals surface area contributed by atoms with Crippen LogP contribution in [-0.4, -0.2) is 63.2 Å². The van der Waals surface area contributed by atoms with Gasteiger partial charge in [-0.05, 0) is 19.8 Å². The number of rotatable bonds is 7. The minimum absolute atomic E-state index is 0.00422. The van der Waals surface area contributed by atoms with Crippen molar-refractivity contribution >= 4 is 11.9 Å². The van der Waals surface area contributed by atoms with Crippen LogP contribution in [0.5, 0.6) is 0 Å². The molecule has 1 aliphatic rings. The molecule has 0 spiro atoms. The average Bonchev–Trinajstić information content (AvgIpc) is 2.49. The van der Waals surface area contributed by atoms with Gasteiger partial charge in [0.25, 0.3) is 0 Å². The first-order valence-electron chi connectivity index (χ1n) is 7.96. The second kappa shape index (κ2) is 10.4.